The Balaban J connectivity index is 2.39. The smallest absolute Gasteiger partial charge is 0.235 e. The second-order valence-electron chi connectivity index (χ2n) is 2.40. The van der Waals surface area contributed by atoms with Gasteiger partial charge in [0.15, 0.2) is 0 Å². The third-order valence-corrected chi connectivity index (χ3v) is 1.55. The largest absolute Gasteiger partial charge is 0.368 e. The number of hydrazine groups is 1. The topological polar surface area (TPSA) is 84.4 Å². The fourth-order valence-electron chi connectivity index (χ4n) is 0.963. The standard InChI is InChI=1S/C5H12N4O/c6-5(10)4-3-9(7)2-1-8-4/h4,8H,1-3,7H2,(H2,6,10). The van der Waals surface area contributed by atoms with Crippen molar-refractivity contribution in [2.45, 2.75) is 6.04 Å². The Hall–Kier alpha value is -0.650. The van der Waals surface area contributed by atoms with Crippen molar-refractivity contribution in [3.05, 3.63) is 0 Å². The number of hydrogen-bond acceptors (Lipinski definition) is 4. The zero-order valence-corrected chi connectivity index (χ0v) is 5.71. The van der Waals surface area contributed by atoms with E-state index < -0.39 is 0 Å². The molecule has 0 aromatic heterocycles. The van der Waals surface area contributed by atoms with Crippen LogP contribution in [0, 0.1) is 0 Å². The van der Waals surface area contributed by atoms with Gasteiger partial charge in [-0.05, 0) is 0 Å². The van der Waals surface area contributed by atoms with E-state index in [-0.39, 0.29) is 11.9 Å². The van der Waals surface area contributed by atoms with Crippen LogP contribution in [0.3, 0.4) is 0 Å². The number of amides is 1. The van der Waals surface area contributed by atoms with Gasteiger partial charge in [-0.3, -0.25) is 10.6 Å². The van der Waals surface area contributed by atoms with Crippen LogP contribution in [-0.4, -0.2) is 36.6 Å². The molecule has 5 nitrogen and oxygen atoms in total. The van der Waals surface area contributed by atoms with E-state index in [1.54, 1.807) is 5.01 Å². The number of nitrogens with two attached hydrogens (primary N) is 2. The molecule has 1 amide bonds. The number of piperazine rings is 1. The first kappa shape index (κ1) is 7.46. The van der Waals surface area contributed by atoms with Crippen molar-refractivity contribution in [1.29, 1.82) is 0 Å². The molecule has 1 saturated heterocycles. The summed E-state index contributed by atoms with van der Waals surface area (Å²) in [5.41, 5.74) is 5.05. The molecule has 1 aliphatic heterocycles. The lowest BCUT2D eigenvalue weighted by Crippen LogP contribution is -2.58. The van der Waals surface area contributed by atoms with Crippen LogP contribution in [0.1, 0.15) is 0 Å². The molecule has 1 atom stereocenters. The number of hydrogen-bond donors (Lipinski definition) is 3. The Labute approximate surface area is 59.3 Å². The highest BCUT2D eigenvalue weighted by Gasteiger charge is 2.20. The second kappa shape index (κ2) is 2.96. The van der Waals surface area contributed by atoms with Gasteiger partial charge >= 0.3 is 0 Å². The average molecular weight is 144 g/mol. The first-order valence-corrected chi connectivity index (χ1v) is 3.22. The molecule has 5 heteroatoms. The van der Waals surface area contributed by atoms with Gasteiger partial charge in [0.05, 0.1) is 0 Å². The number of nitrogens with one attached hydrogen (secondary N) is 1. The maximum Gasteiger partial charge on any atom is 0.235 e. The Bertz CT molecular complexity index is 138. The first-order valence-electron chi connectivity index (χ1n) is 3.22. The predicted molar refractivity (Wildman–Crippen MR) is 36.7 cm³/mol. The molecule has 10 heavy (non-hydrogen) atoms. The summed E-state index contributed by atoms with van der Waals surface area (Å²) < 4.78 is 0. The molecule has 0 aromatic carbocycles. The third kappa shape index (κ3) is 1.66. The first-order chi connectivity index (χ1) is 4.70. The Morgan fingerprint density at radius 3 is 2.80 bits per heavy atom. The highest BCUT2D eigenvalue weighted by atomic mass is 16.1. The summed E-state index contributed by atoms with van der Waals surface area (Å²) in [4.78, 5) is 10.6. The predicted octanol–water partition coefficient (Wildman–Crippen LogP) is -2.38. The van der Waals surface area contributed by atoms with Crippen LogP contribution in [0.5, 0.6) is 0 Å². The number of carbonyl (C=O) groups is 1. The normalized spacial score (nSPS) is 28.3. The molecule has 0 aliphatic carbocycles. The minimum atomic E-state index is -0.338. The van der Waals surface area contributed by atoms with Crippen molar-refractivity contribution in [2.75, 3.05) is 19.6 Å². The quantitative estimate of drug-likeness (QED) is 0.359. The average Bonchev–Trinajstić information content (AvgIpc) is 1.88. The van der Waals surface area contributed by atoms with Gasteiger partial charge in [0, 0.05) is 19.6 Å². The van der Waals surface area contributed by atoms with Crippen LogP contribution in [0.4, 0.5) is 0 Å². The number of carbonyl (C=O) groups excluding carboxylic acids is 1. The minimum Gasteiger partial charge on any atom is -0.368 e. The van der Waals surface area contributed by atoms with Crippen molar-refractivity contribution in [1.82, 2.24) is 10.3 Å². The van der Waals surface area contributed by atoms with E-state index in [1.807, 2.05) is 0 Å². The molecule has 0 saturated carbocycles. The van der Waals surface area contributed by atoms with Crippen LogP contribution in [-0.2, 0) is 4.79 Å². The van der Waals surface area contributed by atoms with Crippen molar-refractivity contribution in [3.63, 3.8) is 0 Å². The minimum absolute atomic E-state index is 0.279. The highest BCUT2D eigenvalue weighted by Crippen LogP contribution is 1.91. The van der Waals surface area contributed by atoms with Gasteiger partial charge in [0.25, 0.3) is 0 Å². The van der Waals surface area contributed by atoms with Gasteiger partial charge in [-0.15, -0.1) is 0 Å². The molecule has 1 aliphatic rings. The van der Waals surface area contributed by atoms with Gasteiger partial charge in [0.1, 0.15) is 6.04 Å². The maximum absolute atomic E-state index is 10.6. The number of nitrogens with zero attached hydrogens (tertiary/aromatic N) is 1. The van der Waals surface area contributed by atoms with Crippen molar-refractivity contribution < 1.29 is 4.79 Å². The zero-order chi connectivity index (χ0) is 7.56. The Morgan fingerprint density at radius 2 is 2.40 bits per heavy atom. The zero-order valence-electron chi connectivity index (χ0n) is 5.71. The maximum atomic E-state index is 10.6. The fourth-order valence-corrected chi connectivity index (χ4v) is 0.963. The van der Waals surface area contributed by atoms with Crippen molar-refractivity contribution in [2.24, 2.45) is 11.6 Å². The molecule has 0 spiro atoms. The monoisotopic (exact) mass is 144 g/mol. The van der Waals surface area contributed by atoms with Gasteiger partial charge in [-0.2, -0.15) is 0 Å². The second-order valence-corrected chi connectivity index (χ2v) is 2.40. The SMILES string of the molecule is NC(=O)C1CN(N)CCN1. The van der Waals surface area contributed by atoms with Crippen LogP contribution in [0.15, 0.2) is 0 Å². The summed E-state index contributed by atoms with van der Waals surface area (Å²) in [5.74, 6) is 5.11. The van der Waals surface area contributed by atoms with E-state index in [0.29, 0.717) is 6.54 Å². The number of rotatable bonds is 1. The van der Waals surface area contributed by atoms with Crippen LogP contribution in [0.2, 0.25) is 0 Å². The van der Waals surface area contributed by atoms with E-state index in [1.165, 1.54) is 0 Å². The molecule has 5 N–H and O–H groups in total. The highest BCUT2D eigenvalue weighted by molar-refractivity contribution is 5.80. The van der Waals surface area contributed by atoms with Gasteiger partial charge in [0.2, 0.25) is 5.91 Å². The summed E-state index contributed by atoms with van der Waals surface area (Å²) in [5, 5.41) is 4.54. The molecule has 1 heterocycles. The molecule has 1 unspecified atom stereocenters. The summed E-state index contributed by atoms with van der Waals surface area (Å²) >= 11 is 0. The van der Waals surface area contributed by atoms with E-state index >= 15 is 0 Å². The van der Waals surface area contributed by atoms with E-state index in [0.717, 1.165) is 13.1 Å². The van der Waals surface area contributed by atoms with E-state index in [4.69, 9.17) is 11.6 Å². The van der Waals surface area contributed by atoms with Gasteiger partial charge in [-0.1, -0.05) is 0 Å². The molecule has 0 radical (unpaired) electrons. The lowest BCUT2D eigenvalue weighted by Gasteiger charge is -2.28. The van der Waals surface area contributed by atoms with Crippen molar-refractivity contribution >= 4 is 5.91 Å². The summed E-state index contributed by atoms with van der Waals surface area (Å²) in [7, 11) is 0. The molecule has 1 rings (SSSR count). The molecular weight excluding hydrogens is 132 g/mol. The molecule has 58 valence electrons. The fraction of sp³-hybridized carbons (Fsp3) is 0.800. The van der Waals surface area contributed by atoms with Crippen molar-refractivity contribution in [3.8, 4) is 0 Å². The number of primary amides is 1. The third-order valence-electron chi connectivity index (χ3n) is 1.55. The van der Waals surface area contributed by atoms with Gasteiger partial charge in [-0.25, -0.2) is 5.01 Å². The Morgan fingerprint density at radius 1 is 1.70 bits per heavy atom. The van der Waals surface area contributed by atoms with Crippen LogP contribution >= 0.6 is 0 Å². The molecular formula is C5H12N4O. The molecule has 0 aromatic rings. The molecule has 1 fully saturated rings. The van der Waals surface area contributed by atoms with E-state index in [9.17, 15) is 4.79 Å². The van der Waals surface area contributed by atoms with Crippen LogP contribution in [0.25, 0.3) is 0 Å². The van der Waals surface area contributed by atoms with E-state index in [2.05, 4.69) is 5.32 Å². The summed E-state index contributed by atoms with van der Waals surface area (Å²) in [6.45, 7) is 2.00. The lowest BCUT2D eigenvalue weighted by molar-refractivity contribution is -0.121. The summed E-state index contributed by atoms with van der Waals surface area (Å²) in [6.07, 6.45) is 0. The van der Waals surface area contributed by atoms with Gasteiger partial charge < -0.3 is 11.1 Å². The summed E-state index contributed by atoms with van der Waals surface area (Å²) in [6, 6.07) is -0.279. The lowest BCUT2D eigenvalue weighted by atomic mass is 10.2. The van der Waals surface area contributed by atoms with Crippen LogP contribution < -0.4 is 16.9 Å². The molecule has 0 bridgehead atoms. The Kier molecular flexibility index (Phi) is 2.21.